The summed E-state index contributed by atoms with van der Waals surface area (Å²) in [5.41, 5.74) is 1.54. The van der Waals surface area contributed by atoms with Crippen LogP contribution in [-0.2, 0) is 10.9 Å². The first-order chi connectivity index (χ1) is 14.3. The molecule has 3 heterocycles. The van der Waals surface area contributed by atoms with Crippen molar-refractivity contribution in [2.45, 2.75) is 20.0 Å². The predicted molar refractivity (Wildman–Crippen MR) is 113 cm³/mol. The van der Waals surface area contributed by atoms with E-state index in [0.717, 1.165) is 11.8 Å². The molecule has 10 heteroatoms. The SMILES string of the molecule is Cc1c(Nc2ncc(C(=O)N3CCOCC3)n3c(C)ccc23)cccc1C(F)(F)F.Cl. The van der Waals surface area contributed by atoms with Gasteiger partial charge in [0.2, 0.25) is 0 Å². The van der Waals surface area contributed by atoms with Crippen molar-refractivity contribution < 1.29 is 22.7 Å². The second kappa shape index (κ2) is 8.76. The fourth-order valence-electron chi connectivity index (χ4n) is 3.67. The first-order valence-electron chi connectivity index (χ1n) is 9.55. The lowest BCUT2D eigenvalue weighted by Crippen LogP contribution is -2.41. The van der Waals surface area contributed by atoms with Crippen LogP contribution < -0.4 is 5.32 Å². The number of morpholine rings is 1. The highest BCUT2D eigenvalue weighted by molar-refractivity contribution is 5.94. The van der Waals surface area contributed by atoms with Crippen molar-refractivity contribution >= 4 is 35.3 Å². The Hall–Kier alpha value is -2.78. The monoisotopic (exact) mass is 454 g/mol. The van der Waals surface area contributed by atoms with Crippen molar-refractivity contribution in [2.24, 2.45) is 0 Å². The average Bonchev–Trinajstić information content (AvgIpc) is 3.11. The van der Waals surface area contributed by atoms with E-state index in [0.29, 0.717) is 49.0 Å². The third-order valence-electron chi connectivity index (χ3n) is 5.29. The van der Waals surface area contributed by atoms with Gasteiger partial charge in [0.05, 0.1) is 30.5 Å². The standard InChI is InChI=1S/C21H21F3N4O2.ClH/c1-13-6-7-17-19(26-16-5-3-4-15(14(16)2)21(22,23)24)25-12-18(28(13)17)20(29)27-8-10-30-11-9-27;/h3-7,12H,8-11H2,1-2H3,(H,25,26);1H. The van der Waals surface area contributed by atoms with Gasteiger partial charge in [0, 0.05) is 24.5 Å². The number of amides is 1. The zero-order valence-corrected chi connectivity index (χ0v) is 17.8. The van der Waals surface area contributed by atoms with E-state index in [1.165, 1.54) is 19.2 Å². The molecule has 0 saturated carbocycles. The molecule has 0 atom stereocenters. The van der Waals surface area contributed by atoms with Gasteiger partial charge in [-0.05, 0) is 43.7 Å². The number of aryl methyl sites for hydroxylation is 1. The van der Waals surface area contributed by atoms with Gasteiger partial charge in [0.1, 0.15) is 5.69 Å². The van der Waals surface area contributed by atoms with E-state index in [1.807, 2.05) is 13.0 Å². The van der Waals surface area contributed by atoms with E-state index in [1.54, 1.807) is 21.4 Å². The summed E-state index contributed by atoms with van der Waals surface area (Å²) in [6, 6.07) is 7.62. The normalized spacial score (nSPS) is 14.4. The Morgan fingerprint density at radius 2 is 1.84 bits per heavy atom. The van der Waals surface area contributed by atoms with Crippen molar-refractivity contribution in [3.05, 3.63) is 59.0 Å². The number of ether oxygens (including phenoxy) is 1. The first-order valence-corrected chi connectivity index (χ1v) is 9.55. The molecule has 1 aliphatic heterocycles. The number of benzene rings is 1. The summed E-state index contributed by atoms with van der Waals surface area (Å²) in [6.45, 7) is 5.27. The highest BCUT2D eigenvalue weighted by Gasteiger charge is 2.33. The molecule has 1 N–H and O–H groups in total. The van der Waals surface area contributed by atoms with Crippen molar-refractivity contribution in [3.63, 3.8) is 0 Å². The summed E-state index contributed by atoms with van der Waals surface area (Å²) in [4.78, 5) is 19.1. The van der Waals surface area contributed by atoms with E-state index in [9.17, 15) is 18.0 Å². The van der Waals surface area contributed by atoms with Gasteiger partial charge in [-0.3, -0.25) is 4.79 Å². The van der Waals surface area contributed by atoms with E-state index >= 15 is 0 Å². The summed E-state index contributed by atoms with van der Waals surface area (Å²) < 4.78 is 46.8. The number of rotatable bonds is 3. The third-order valence-corrected chi connectivity index (χ3v) is 5.29. The van der Waals surface area contributed by atoms with E-state index in [-0.39, 0.29) is 23.9 Å². The molecule has 1 aromatic carbocycles. The maximum absolute atomic E-state index is 13.2. The van der Waals surface area contributed by atoms with Gasteiger partial charge in [0.25, 0.3) is 5.91 Å². The second-order valence-electron chi connectivity index (χ2n) is 7.19. The summed E-state index contributed by atoms with van der Waals surface area (Å²) in [5.74, 6) is 0.223. The summed E-state index contributed by atoms with van der Waals surface area (Å²) >= 11 is 0. The number of nitrogens with one attached hydrogen (secondary N) is 1. The number of carbonyl (C=O) groups is 1. The number of hydrogen-bond donors (Lipinski definition) is 1. The molecule has 0 aliphatic carbocycles. The van der Waals surface area contributed by atoms with Crippen LogP contribution in [-0.4, -0.2) is 46.5 Å². The number of halogens is 4. The molecule has 31 heavy (non-hydrogen) atoms. The van der Waals surface area contributed by atoms with Gasteiger partial charge in [0.15, 0.2) is 5.82 Å². The lowest BCUT2D eigenvalue weighted by atomic mass is 10.1. The van der Waals surface area contributed by atoms with Crippen LogP contribution in [0.2, 0.25) is 0 Å². The molecule has 3 aromatic rings. The van der Waals surface area contributed by atoms with Crippen LogP contribution in [0.3, 0.4) is 0 Å². The molecule has 0 unspecified atom stereocenters. The summed E-state index contributed by atoms with van der Waals surface area (Å²) in [7, 11) is 0. The first kappa shape index (κ1) is 22.9. The number of aromatic nitrogens is 2. The minimum absolute atomic E-state index is 0. The van der Waals surface area contributed by atoms with Crippen LogP contribution in [0.4, 0.5) is 24.7 Å². The van der Waals surface area contributed by atoms with Crippen LogP contribution >= 0.6 is 12.4 Å². The number of fused-ring (bicyclic) bond motifs is 1. The smallest absolute Gasteiger partial charge is 0.378 e. The van der Waals surface area contributed by atoms with Crippen LogP contribution in [0.15, 0.2) is 36.5 Å². The van der Waals surface area contributed by atoms with Crippen molar-refractivity contribution in [3.8, 4) is 0 Å². The Kier molecular flexibility index (Phi) is 6.47. The summed E-state index contributed by atoms with van der Waals surface area (Å²) in [6.07, 6.45) is -2.98. The minimum atomic E-state index is -4.44. The Balaban J connectivity index is 0.00000272. The molecule has 0 radical (unpaired) electrons. The second-order valence-corrected chi connectivity index (χ2v) is 7.19. The van der Waals surface area contributed by atoms with Crippen molar-refractivity contribution in [2.75, 3.05) is 31.6 Å². The molecule has 166 valence electrons. The average molecular weight is 455 g/mol. The highest BCUT2D eigenvalue weighted by atomic mass is 35.5. The largest absolute Gasteiger partial charge is 0.416 e. The van der Waals surface area contributed by atoms with Crippen molar-refractivity contribution in [1.82, 2.24) is 14.3 Å². The zero-order chi connectivity index (χ0) is 21.5. The molecule has 1 amide bonds. The van der Waals surface area contributed by atoms with Gasteiger partial charge in [-0.2, -0.15) is 13.2 Å². The van der Waals surface area contributed by atoms with Crippen LogP contribution in [0.1, 0.15) is 27.3 Å². The maximum Gasteiger partial charge on any atom is 0.416 e. The Morgan fingerprint density at radius 3 is 2.52 bits per heavy atom. The fraction of sp³-hybridized carbons (Fsp3) is 0.333. The zero-order valence-electron chi connectivity index (χ0n) is 17.0. The quantitative estimate of drug-likeness (QED) is 0.628. The van der Waals surface area contributed by atoms with Gasteiger partial charge in [-0.25, -0.2) is 4.98 Å². The molecule has 1 aliphatic rings. The molecule has 6 nitrogen and oxygen atoms in total. The lowest BCUT2D eigenvalue weighted by molar-refractivity contribution is -0.138. The Bertz CT molecular complexity index is 1110. The molecule has 1 saturated heterocycles. The van der Waals surface area contributed by atoms with Gasteiger partial charge < -0.3 is 19.4 Å². The molecular weight excluding hydrogens is 433 g/mol. The topological polar surface area (TPSA) is 58.9 Å². The lowest BCUT2D eigenvalue weighted by Gasteiger charge is -2.27. The predicted octanol–water partition coefficient (Wildman–Crippen LogP) is 4.61. The van der Waals surface area contributed by atoms with E-state index < -0.39 is 11.7 Å². The molecule has 2 aromatic heterocycles. The molecule has 1 fully saturated rings. The summed E-state index contributed by atoms with van der Waals surface area (Å²) in [5, 5.41) is 3.01. The Morgan fingerprint density at radius 1 is 1.13 bits per heavy atom. The van der Waals surface area contributed by atoms with Crippen LogP contribution in [0.5, 0.6) is 0 Å². The maximum atomic E-state index is 13.2. The number of anilines is 2. The Labute approximate surface area is 183 Å². The molecule has 0 spiro atoms. The number of alkyl halides is 3. The fourth-order valence-corrected chi connectivity index (χ4v) is 3.67. The number of carbonyl (C=O) groups excluding carboxylic acids is 1. The van der Waals surface area contributed by atoms with Crippen LogP contribution in [0, 0.1) is 13.8 Å². The molecular formula is C21H22ClF3N4O2. The van der Waals surface area contributed by atoms with Crippen molar-refractivity contribution in [1.29, 1.82) is 0 Å². The number of hydrogen-bond acceptors (Lipinski definition) is 4. The molecule has 0 bridgehead atoms. The van der Waals surface area contributed by atoms with E-state index in [2.05, 4.69) is 10.3 Å². The third kappa shape index (κ3) is 4.33. The van der Waals surface area contributed by atoms with Gasteiger partial charge >= 0.3 is 6.18 Å². The van der Waals surface area contributed by atoms with E-state index in [4.69, 9.17) is 4.74 Å². The molecule has 4 rings (SSSR count). The van der Waals surface area contributed by atoms with Gasteiger partial charge in [-0.1, -0.05) is 6.07 Å². The number of nitrogens with zero attached hydrogens (tertiary/aromatic N) is 3. The minimum Gasteiger partial charge on any atom is -0.378 e. The highest BCUT2D eigenvalue weighted by Crippen LogP contribution is 2.35. The van der Waals surface area contributed by atoms with Gasteiger partial charge in [-0.15, -0.1) is 12.4 Å². The van der Waals surface area contributed by atoms with Crippen LogP contribution in [0.25, 0.3) is 5.52 Å².